The van der Waals surface area contributed by atoms with Crippen LogP contribution in [0.5, 0.6) is 0 Å². The average molecular weight is 571 g/mol. The van der Waals surface area contributed by atoms with Gasteiger partial charge in [-0.05, 0) is 37.8 Å². The lowest BCUT2D eigenvalue weighted by Gasteiger charge is -2.36. The highest BCUT2D eigenvalue weighted by Crippen LogP contribution is 2.20. The lowest BCUT2D eigenvalue weighted by Crippen LogP contribution is -2.49. The maximum atomic E-state index is 12.7. The summed E-state index contributed by atoms with van der Waals surface area (Å²) in [6.45, 7) is 8.40. The van der Waals surface area contributed by atoms with Crippen LogP contribution in [0.4, 0.5) is 5.69 Å². The third-order valence-electron chi connectivity index (χ3n) is 6.34. The van der Waals surface area contributed by atoms with E-state index >= 15 is 0 Å². The summed E-state index contributed by atoms with van der Waals surface area (Å²) in [7, 11) is 1.69. The molecular weight excluding hydrogens is 531 g/mol. The Morgan fingerprint density at radius 1 is 1.00 bits per heavy atom. The van der Waals surface area contributed by atoms with Gasteiger partial charge in [0.05, 0.1) is 6.54 Å². The van der Waals surface area contributed by atoms with E-state index in [4.69, 9.17) is 4.99 Å². The first-order valence-corrected chi connectivity index (χ1v) is 11.9. The molecule has 2 fully saturated rings. The number of likely N-dealkylation sites (tertiary alicyclic amines) is 1. The smallest absolute Gasteiger partial charge is 0.224 e. The van der Waals surface area contributed by atoms with E-state index in [1.165, 1.54) is 5.69 Å². The van der Waals surface area contributed by atoms with Crippen molar-refractivity contribution >= 4 is 47.4 Å². The van der Waals surface area contributed by atoms with Gasteiger partial charge in [-0.2, -0.15) is 0 Å². The highest BCUT2D eigenvalue weighted by atomic mass is 127. The van der Waals surface area contributed by atoms with Gasteiger partial charge in [-0.3, -0.25) is 14.6 Å². The largest absolute Gasteiger partial charge is 0.368 e. The van der Waals surface area contributed by atoms with E-state index < -0.39 is 0 Å². The fraction of sp³-hybridized carbons (Fsp3) is 0.625. The first-order chi connectivity index (χ1) is 15.6. The third-order valence-corrected chi connectivity index (χ3v) is 6.34. The number of guanidine groups is 1. The second-order valence-electron chi connectivity index (χ2n) is 8.50. The molecule has 0 saturated carbocycles. The minimum absolute atomic E-state index is 0. The molecule has 8 nitrogen and oxygen atoms in total. The normalized spacial score (nSPS) is 17.4. The lowest BCUT2D eigenvalue weighted by atomic mass is 9.93. The van der Waals surface area contributed by atoms with E-state index in [2.05, 4.69) is 51.6 Å². The molecule has 2 saturated heterocycles. The van der Waals surface area contributed by atoms with Gasteiger partial charge in [-0.25, -0.2) is 0 Å². The second-order valence-corrected chi connectivity index (χ2v) is 8.50. The Labute approximate surface area is 215 Å². The van der Waals surface area contributed by atoms with Crippen molar-refractivity contribution in [1.82, 2.24) is 20.4 Å². The molecule has 0 aromatic heterocycles. The number of carbonyl (C=O) groups excluding carboxylic acids is 2. The number of anilines is 1. The van der Waals surface area contributed by atoms with E-state index in [1.807, 2.05) is 11.0 Å². The summed E-state index contributed by atoms with van der Waals surface area (Å²) < 4.78 is 0. The van der Waals surface area contributed by atoms with Crippen LogP contribution in [0.1, 0.15) is 32.6 Å². The summed E-state index contributed by atoms with van der Waals surface area (Å²) in [6.07, 6.45) is 3.02. The minimum atomic E-state index is 0. The van der Waals surface area contributed by atoms with Crippen LogP contribution in [0.25, 0.3) is 0 Å². The molecule has 0 bridgehead atoms. The number of carbonyl (C=O) groups is 2. The van der Waals surface area contributed by atoms with Gasteiger partial charge in [0.1, 0.15) is 0 Å². The van der Waals surface area contributed by atoms with E-state index in [0.717, 1.165) is 64.6 Å². The molecule has 1 aromatic rings. The molecule has 33 heavy (non-hydrogen) atoms. The van der Waals surface area contributed by atoms with Gasteiger partial charge in [0.25, 0.3) is 0 Å². The number of nitrogens with one attached hydrogen (secondary N) is 2. The number of benzene rings is 1. The Morgan fingerprint density at radius 2 is 1.67 bits per heavy atom. The first-order valence-electron chi connectivity index (χ1n) is 11.9. The zero-order valence-corrected chi connectivity index (χ0v) is 22.3. The summed E-state index contributed by atoms with van der Waals surface area (Å²) >= 11 is 0. The molecule has 0 atom stereocenters. The van der Waals surface area contributed by atoms with Gasteiger partial charge in [-0.15, -0.1) is 24.0 Å². The molecule has 0 unspecified atom stereocenters. The maximum absolute atomic E-state index is 12.7. The van der Waals surface area contributed by atoms with Gasteiger partial charge in [0.15, 0.2) is 5.96 Å². The molecular formula is C24H39IN6O2. The number of hydrogen-bond donors (Lipinski definition) is 2. The fourth-order valence-corrected chi connectivity index (χ4v) is 4.41. The Balaban J connectivity index is 0.00000385. The highest BCUT2D eigenvalue weighted by Gasteiger charge is 2.24. The molecule has 0 spiro atoms. The highest BCUT2D eigenvalue weighted by molar-refractivity contribution is 14.0. The number of piperazine rings is 1. The van der Waals surface area contributed by atoms with Crippen LogP contribution in [0, 0.1) is 5.92 Å². The number of piperidine rings is 1. The molecule has 184 valence electrons. The van der Waals surface area contributed by atoms with Crippen LogP contribution in [0.15, 0.2) is 35.3 Å². The Bertz CT molecular complexity index is 759. The molecule has 2 heterocycles. The molecule has 3 rings (SSSR count). The van der Waals surface area contributed by atoms with Gasteiger partial charge in [-0.1, -0.05) is 18.2 Å². The van der Waals surface area contributed by atoms with Crippen molar-refractivity contribution in [2.75, 3.05) is 64.3 Å². The number of nitrogens with zero attached hydrogens (tertiary/aromatic N) is 4. The molecule has 0 aliphatic carbocycles. The lowest BCUT2D eigenvalue weighted by molar-refractivity contribution is -0.131. The number of para-hydroxylation sites is 1. The van der Waals surface area contributed by atoms with E-state index in [9.17, 15) is 9.59 Å². The van der Waals surface area contributed by atoms with E-state index in [1.54, 1.807) is 7.05 Å². The summed E-state index contributed by atoms with van der Waals surface area (Å²) in [5, 5.41) is 6.08. The second kappa shape index (κ2) is 14.3. The van der Waals surface area contributed by atoms with Gasteiger partial charge in [0.2, 0.25) is 11.8 Å². The van der Waals surface area contributed by atoms with Crippen molar-refractivity contribution in [1.29, 1.82) is 0 Å². The molecule has 9 heteroatoms. The standard InChI is InChI=1S/C24H38N6O2.HI/c1-3-26-24(30-13-10-20(11-14-30)19-22(31)25-2)27-12-9-23(32)29-17-15-28(16-18-29)21-7-5-4-6-8-21;/h4-8,20H,3,9-19H2,1-2H3,(H,25,31)(H,26,27);1H. The predicted octanol–water partition coefficient (Wildman–Crippen LogP) is 2.16. The maximum Gasteiger partial charge on any atom is 0.224 e. The molecule has 2 N–H and O–H groups in total. The molecule has 0 radical (unpaired) electrons. The number of halogens is 1. The Hall–Kier alpha value is -2.04. The van der Waals surface area contributed by atoms with Crippen LogP contribution in [0.2, 0.25) is 0 Å². The summed E-state index contributed by atoms with van der Waals surface area (Å²) in [5.74, 6) is 1.62. The first kappa shape index (κ1) is 27.2. The van der Waals surface area contributed by atoms with Crippen LogP contribution in [0.3, 0.4) is 0 Å². The zero-order chi connectivity index (χ0) is 22.8. The number of aliphatic imine (C=N–C) groups is 1. The van der Waals surface area contributed by atoms with Gasteiger partial charge < -0.3 is 25.3 Å². The van der Waals surface area contributed by atoms with Crippen molar-refractivity contribution in [2.45, 2.75) is 32.6 Å². The van der Waals surface area contributed by atoms with Crippen molar-refractivity contribution in [2.24, 2.45) is 10.9 Å². The number of amides is 2. The van der Waals surface area contributed by atoms with Crippen LogP contribution >= 0.6 is 24.0 Å². The fourth-order valence-electron chi connectivity index (χ4n) is 4.41. The molecule has 2 aliphatic heterocycles. The van der Waals surface area contributed by atoms with E-state index in [0.29, 0.717) is 25.3 Å². The van der Waals surface area contributed by atoms with Crippen LogP contribution in [-0.4, -0.2) is 87.0 Å². The molecule has 2 amide bonds. The molecule has 2 aliphatic rings. The zero-order valence-electron chi connectivity index (χ0n) is 20.0. The van der Waals surface area contributed by atoms with Gasteiger partial charge >= 0.3 is 0 Å². The SMILES string of the molecule is CCNC(=NCCC(=O)N1CCN(c2ccccc2)CC1)N1CCC(CC(=O)NC)CC1.I. The van der Waals surface area contributed by atoms with Crippen LogP contribution < -0.4 is 15.5 Å². The summed E-state index contributed by atoms with van der Waals surface area (Å²) in [6, 6.07) is 10.4. The number of rotatable bonds is 7. The predicted molar refractivity (Wildman–Crippen MR) is 144 cm³/mol. The van der Waals surface area contributed by atoms with Crippen LogP contribution in [-0.2, 0) is 9.59 Å². The Morgan fingerprint density at radius 3 is 2.27 bits per heavy atom. The van der Waals surface area contributed by atoms with Crippen molar-refractivity contribution < 1.29 is 9.59 Å². The summed E-state index contributed by atoms with van der Waals surface area (Å²) in [5.41, 5.74) is 1.22. The third kappa shape index (κ3) is 8.35. The monoisotopic (exact) mass is 570 g/mol. The average Bonchev–Trinajstić information content (AvgIpc) is 2.84. The summed E-state index contributed by atoms with van der Waals surface area (Å²) in [4.78, 5) is 35.6. The topological polar surface area (TPSA) is 80.3 Å². The molecule has 1 aromatic carbocycles. The quantitative estimate of drug-likeness (QED) is 0.299. The minimum Gasteiger partial charge on any atom is -0.368 e. The van der Waals surface area contributed by atoms with Crippen molar-refractivity contribution in [3.63, 3.8) is 0 Å². The Kier molecular flexibility index (Phi) is 11.8. The number of hydrogen-bond acceptors (Lipinski definition) is 4. The van der Waals surface area contributed by atoms with Crippen molar-refractivity contribution in [3.8, 4) is 0 Å². The van der Waals surface area contributed by atoms with E-state index in [-0.39, 0.29) is 35.8 Å². The van der Waals surface area contributed by atoms with Crippen molar-refractivity contribution in [3.05, 3.63) is 30.3 Å². The van der Waals surface area contributed by atoms with Gasteiger partial charge in [0, 0.05) is 71.4 Å².